The first kappa shape index (κ1) is 16.9. The van der Waals surface area contributed by atoms with Crippen molar-refractivity contribution in [2.45, 2.75) is 12.8 Å². The summed E-state index contributed by atoms with van der Waals surface area (Å²) in [6.45, 7) is 1.67. The first-order valence-electron chi connectivity index (χ1n) is 8.70. The smallest absolute Gasteiger partial charge is 0.282 e. The maximum Gasteiger partial charge on any atom is 0.282 e. The molecule has 0 aliphatic carbocycles. The van der Waals surface area contributed by atoms with Gasteiger partial charge in [-0.15, -0.1) is 0 Å². The second kappa shape index (κ2) is 6.99. The summed E-state index contributed by atoms with van der Waals surface area (Å²) in [4.78, 5) is 34.7. The van der Waals surface area contributed by atoms with Crippen molar-refractivity contribution in [1.29, 1.82) is 0 Å². The molecule has 1 saturated heterocycles. The van der Waals surface area contributed by atoms with Crippen LogP contribution in [0, 0.1) is 10.1 Å². The quantitative estimate of drug-likeness (QED) is 0.563. The number of fused-ring (bicyclic) bond motifs is 1. The molecule has 2 heterocycles. The normalized spacial score (nSPS) is 13.7. The Morgan fingerprint density at radius 1 is 1.00 bits per heavy atom. The second-order valence-electron chi connectivity index (χ2n) is 6.31. The molecule has 0 spiro atoms. The van der Waals surface area contributed by atoms with Gasteiger partial charge in [-0.25, -0.2) is 9.97 Å². The van der Waals surface area contributed by atoms with Crippen molar-refractivity contribution in [3.63, 3.8) is 0 Å². The third kappa shape index (κ3) is 3.29. The molecule has 136 valence electrons. The Balaban J connectivity index is 1.75. The summed E-state index contributed by atoms with van der Waals surface area (Å²) in [5.41, 5.74) is 1.14. The Labute approximate surface area is 155 Å². The van der Waals surface area contributed by atoms with Crippen LogP contribution in [0.2, 0.25) is 0 Å². The molecule has 3 aromatic rings. The van der Waals surface area contributed by atoms with Gasteiger partial charge >= 0.3 is 0 Å². The summed E-state index contributed by atoms with van der Waals surface area (Å²) in [5, 5.41) is 14.0. The molecular formula is C19H17N5O3. The lowest BCUT2D eigenvalue weighted by molar-refractivity contribution is -0.385. The molecule has 8 heteroatoms. The maximum absolute atomic E-state index is 12.7. The number of amides is 1. The predicted octanol–water partition coefficient (Wildman–Crippen LogP) is 3.39. The molecule has 1 amide bonds. The van der Waals surface area contributed by atoms with E-state index in [4.69, 9.17) is 0 Å². The summed E-state index contributed by atoms with van der Waals surface area (Å²) < 4.78 is 0. The predicted molar refractivity (Wildman–Crippen MR) is 102 cm³/mol. The van der Waals surface area contributed by atoms with Gasteiger partial charge in [-0.2, -0.15) is 0 Å². The lowest BCUT2D eigenvalue weighted by Gasteiger charge is -2.20. The minimum atomic E-state index is -0.577. The van der Waals surface area contributed by atoms with Gasteiger partial charge in [-0.1, -0.05) is 24.3 Å². The monoisotopic (exact) mass is 363 g/mol. The van der Waals surface area contributed by atoms with Crippen molar-refractivity contribution < 1.29 is 9.72 Å². The molecule has 0 radical (unpaired) electrons. The van der Waals surface area contributed by atoms with Gasteiger partial charge in [0.15, 0.2) is 11.6 Å². The highest BCUT2D eigenvalue weighted by atomic mass is 16.6. The van der Waals surface area contributed by atoms with Crippen molar-refractivity contribution in [3.05, 3.63) is 64.2 Å². The summed E-state index contributed by atoms with van der Waals surface area (Å²) in [6, 6.07) is 13.3. The van der Waals surface area contributed by atoms with Gasteiger partial charge in [0.2, 0.25) is 0 Å². The number of hydrogen-bond donors (Lipinski definition) is 1. The minimum Gasteiger partial charge on any atom is -0.354 e. The van der Waals surface area contributed by atoms with Crippen LogP contribution in [0.4, 0.5) is 17.3 Å². The van der Waals surface area contributed by atoms with E-state index in [9.17, 15) is 14.9 Å². The minimum absolute atomic E-state index is 0.00942. The molecule has 1 aliphatic heterocycles. The van der Waals surface area contributed by atoms with Crippen LogP contribution < -0.4 is 10.2 Å². The maximum atomic E-state index is 12.7. The Morgan fingerprint density at radius 3 is 2.33 bits per heavy atom. The third-order valence-corrected chi connectivity index (χ3v) is 4.54. The van der Waals surface area contributed by atoms with Crippen LogP contribution in [0.3, 0.4) is 0 Å². The highest BCUT2D eigenvalue weighted by Crippen LogP contribution is 2.29. The highest BCUT2D eigenvalue weighted by Gasteiger charge is 2.24. The van der Waals surface area contributed by atoms with Gasteiger partial charge in [0, 0.05) is 19.2 Å². The number of rotatable bonds is 4. The van der Waals surface area contributed by atoms with Gasteiger partial charge < -0.3 is 10.2 Å². The van der Waals surface area contributed by atoms with Crippen LogP contribution in [0.1, 0.15) is 23.2 Å². The van der Waals surface area contributed by atoms with E-state index in [0.29, 0.717) is 17.2 Å². The summed E-state index contributed by atoms with van der Waals surface area (Å²) in [6.07, 6.45) is 2.10. The molecule has 0 saturated carbocycles. The van der Waals surface area contributed by atoms with Crippen molar-refractivity contribution in [1.82, 2.24) is 9.97 Å². The largest absolute Gasteiger partial charge is 0.354 e. The molecule has 1 fully saturated rings. The van der Waals surface area contributed by atoms with Gasteiger partial charge in [-0.3, -0.25) is 14.9 Å². The molecule has 27 heavy (non-hydrogen) atoms. The zero-order valence-electron chi connectivity index (χ0n) is 14.5. The van der Waals surface area contributed by atoms with Crippen LogP contribution in [0.5, 0.6) is 0 Å². The number of hydrogen-bond acceptors (Lipinski definition) is 6. The number of nitrogens with zero attached hydrogens (tertiary/aromatic N) is 4. The number of nitrogens with one attached hydrogen (secondary N) is 1. The van der Waals surface area contributed by atoms with E-state index >= 15 is 0 Å². The molecule has 0 atom stereocenters. The van der Waals surface area contributed by atoms with Gasteiger partial charge in [0.1, 0.15) is 5.56 Å². The van der Waals surface area contributed by atoms with Gasteiger partial charge in [0.25, 0.3) is 11.6 Å². The SMILES string of the molecule is O=C(Nc1nc2ccccc2nc1N1CCCC1)c1ccccc1[N+](=O)[O-]. The molecule has 4 rings (SSSR count). The molecule has 8 nitrogen and oxygen atoms in total. The van der Waals surface area contributed by atoms with Gasteiger partial charge in [0.05, 0.1) is 16.0 Å². The van der Waals surface area contributed by atoms with Gasteiger partial charge in [-0.05, 0) is 31.0 Å². The van der Waals surface area contributed by atoms with Crippen LogP contribution in [0.15, 0.2) is 48.5 Å². The fourth-order valence-electron chi connectivity index (χ4n) is 3.22. The standard InChI is InChI=1S/C19H17N5O3/c25-19(13-7-1-4-10-16(13)24(26)27)22-17-18(23-11-5-6-12-23)21-15-9-3-2-8-14(15)20-17/h1-4,7-10H,5-6,11-12H2,(H,20,22,25). The Morgan fingerprint density at radius 2 is 1.63 bits per heavy atom. The van der Waals surface area contributed by atoms with Crippen molar-refractivity contribution in [3.8, 4) is 0 Å². The lowest BCUT2D eigenvalue weighted by atomic mass is 10.1. The first-order valence-corrected chi connectivity index (χ1v) is 8.70. The summed E-state index contributed by atoms with van der Waals surface area (Å²) in [5.74, 6) is 0.337. The highest BCUT2D eigenvalue weighted by molar-refractivity contribution is 6.08. The number of carbonyl (C=O) groups is 1. The van der Waals surface area contributed by atoms with Crippen molar-refractivity contribution >= 4 is 34.3 Å². The van der Waals surface area contributed by atoms with Crippen molar-refractivity contribution in [2.24, 2.45) is 0 Å². The number of nitro groups is 1. The molecule has 0 unspecified atom stereocenters. The number of carbonyl (C=O) groups excluding carboxylic acids is 1. The molecule has 1 aliphatic rings. The molecule has 0 bridgehead atoms. The van der Waals surface area contributed by atoms with Crippen LogP contribution in [-0.2, 0) is 0 Å². The fourth-order valence-corrected chi connectivity index (χ4v) is 3.22. The number of para-hydroxylation sites is 3. The third-order valence-electron chi connectivity index (χ3n) is 4.54. The average molecular weight is 363 g/mol. The fraction of sp³-hybridized carbons (Fsp3) is 0.211. The topological polar surface area (TPSA) is 101 Å². The second-order valence-corrected chi connectivity index (χ2v) is 6.31. The van der Waals surface area contributed by atoms with Crippen LogP contribution >= 0.6 is 0 Å². The van der Waals surface area contributed by atoms with Crippen LogP contribution in [0.25, 0.3) is 11.0 Å². The zero-order valence-corrected chi connectivity index (χ0v) is 14.5. The Kier molecular flexibility index (Phi) is 4.37. The van der Waals surface area contributed by atoms with Crippen LogP contribution in [-0.4, -0.2) is 33.9 Å². The number of aromatic nitrogens is 2. The van der Waals surface area contributed by atoms with E-state index in [1.54, 1.807) is 6.07 Å². The summed E-state index contributed by atoms with van der Waals surface area (Å²) in [7, 11) is 0. The molecule has 2 aromatic carbocycles. The first-order chi connectivity index (χ1) is 13.1. The zero-order chi connectivity index (χ0) is 18.8. The van der Waals surface area contributed by atoms with E-state index < -0.39 is 10.8 Å². The summed E-state index contributed by atoms with van der Waals surface area (Å²) >= 11 is 0. The van der Waals surface area contributed by atoms with E-state index in [-0.39, 0.29) is 11.3 Å². The molecule has 1 N–H and O–H groups in total. The Bertz CT molecular complexity index is 1030. The number of benzene rings is 2. The van der Waals surface area contributed by atoms with E-state index in [1.165, 1.54) is 18.2 Å². The number of nitro benzene ring substituents is 1. The van der Waals surface area contributed by atoms with E-state index in [2.05, 4.69) is 20.2 Å². The number of anilines is 2. The van der Waals surface area contributed by atoms with Crippen molar-refractivity contribution in [2.75, 3.05) is 23.3 Å². The van der Waals surface area contributed by atoms with E-state index in [1.807, 2.05) is 24.3 Å². The molecular weight excluding hydrogens is 346 g/mol. The average Bonchev–Trinajstić information content (AvgIpc) is 3.22. The Hall–Kier alpha value is -3.55. The lowest BCUT2D eigenvalue weighted by Crippen LogP contribution is -2.23. The van der Waals surface area contributed by atoms with E-state index in [0.717, 1.165) is 31.4 Å². The molecule has 1 aromatic heterocycles.